The Labute approximate surface area is 132 Å². The minimum Gasteiger partial charge on any atom is -0.368 e. The molecule has 0 aliphatic carbocycles. The van der Waals surface area contributed by atoms with Crippen LogP contribution in [0.1, 0.15) is 24.8 Å². The van der Waals surface area contributed by atoms with Crippen LogP contribution in [0.5, 0.6) is 0 Å². The summed E-state index contributed by atoms with van der Waals surface area (Å²) >= 11 is 8.95. The van der Waals surface area contributed by atoms with Crippen LogP contribution in [0.3, 0.4) is 0 Å². The highest BCUT2D eigenvalue weighted by Crippen LogP contribution is 2.13. The second kappa shape index (κ2) is 8.97. The summed E-state index contributed by atoms with van der Waals surface area (Å²) in [4.78, 5) is 24.7. The molecule has 0 aliphatic rings. The van der Waals surface area contributed by atoms with Crippen LogP contribution in [0.15, 0.2) is 28.7 Å². The van der Waals surface area contributed by atoms with E-state index in [1.54, 1.807) is 0 Å². The van der Waals surface area contributed by atoms with E-state index in [2.05, 4.69) is 15.9 Å². The summed E-state index contributed by atoms with van der Waals surface area (Å²) in [6, 6.07) is 7.61. The van der Waals surface area contributed by atoms with Gasteiger partial charge in [0.1, 0.15) is 0 Å². The van der Waals surface area contributed by atoms with E-state index in [0.717, 1.165) is 22.9 Å². The molecule has 0 saturated heterocycles. The predicted octanol–water partition coefficient (Wildman–Crippen LogP) is 2.67. The fourth-order valence-electron chi connectivity index (χ4n) is 1.76. The zero-order valence-corrected chi connectivity index (χ0v) is 13.5. The first-order valence-corrected chi connectivity index (χ1v) is 7.72. The molecule has 110 valence electrons. The third-order valence-corrected chi connectivity index (χ3v) is 3.56. The highest BCUT2D eigenvalue weighted by Gasteiger charge is 2.15. The minimum atomic E-state index is -0.507. The maximum Gasteiger partial charge on any atom is 0.237 e. The van der Waals surface area contributed by atoms with Crippen LogP contribution >= 0.6 is 27.5 Å². The van der Waals surface area contributed by atoms with Crippen LogP contribution in [0.4, 0.5) is 0 Å². The third kappa shape index (κ3) is 6.39. The van der Waals surface area contributed by atoms with Crippen molar-refractivity contribution < 1.29 is 9.59 Å². The van der Waals surface area contributed by atoms with Gasteiger partial charge in [-0.05, 0) is 30.5 Å². The number of halogens is 2. The molecular weight excluding hydrogens is 344 g/mol. The number of carbonyl (C=O) groups excluding carboxylic acids is 2. The molecule has 4 nitrogen and oxygen atoms in total. The van der Waals surface area contributed by atoms with Crippen LogP contribution in [-0.2, 0) is 16.1 Å². The van der Waals surface area contributed by atoms with Gasteiger partial charge in [0, 0.05) is 23.3 Å². The summed E-state index contributed by atoms with van der Waals surface area (Å²) in [7, 11) is 0. The second-order valence-corrected chi connectivity index (χ2v) is 5.78. The van der Waals surface area contributed by atoms with Gasteiger partial charge >= 0.3 is 0 Å². The predicted molar refractivity (Wildman–Crippen MR) is 83.3 cm³/mol. The molecule has 0 bridgehead atoms. The van der Waals surface area contributed by atoms with Gasteiger partial charge in [0.2, 0.25) is 11.8 Å². The number of alkyl halides is 1. The monoisotopic (exact) mass is 360 g/mol. The Morgan fingerprint density at radius 1 is 1.20 bits per heavy atom. The minimum absolute atomic E-state index is 0.0597. The molecule has 6 heteroatoms. The third-order valence-electron chi connectivity index (χ3n) is 2.76. The number of amides is 2. The molecule has 0 fully saturated rings. The summed E-state index contributed by atoms with van der Waals surface area (Å²) in [6.45, 7) is 0.325. The number of benzene rings is 1. The van der Waals surface area contributed by atoms with Crippen LogP contribution in [0.25, 0.3) is 0 Å². The summed E-state index contributed by atoms with van der Waals surface area (Å²) in [5.41, 5.74) is 6.16. The first-order chi connectivity index (χ1) is 9.52. The van der Waals surface area contributed by atoms with Crippen molar-refractivity contribution in [1.82, 2.24) is 4.90 Å². The van der Waals surface area contributed by atoms with Gasteiger partial charge in [0.15, 0.2) is 0 Å². The maximum absolute atomic E-state index is 12.1. The van der Waals surface area contributed by atoms with Gasteiger partial charge in [0.05, 0.1) is 6.54 Å². The average Bonchev–Trinajstić information content (AvgIpc) is 2.40. The number of hydrogen-bond acceptors (Lipinski definition) is 2. The second-order valence-electron chi connectivity index (χ2n) is 4.49. The molecule has 1 aromatic rings. The number of hydrogen-bond donors (Lipinski definition) is 1. The Morgan fingerprint density at radius 3 is 2.40 bits per heavy atom. The Hall–Kier alpha value is -1.07. The van der Waals surface area contributed by atoms with Crippen LogP contribution in [0.2, 0.25) is 0 Å². The van der Waals surface area contributed by atoms with Crippen molar-refractivity contribution in [3.8, 4) is 0 Å². The van der Waals surface area contributed by atoms with E-state index in [4.69, 9.17) is 17.3 Å². The molecule has 0 aromatic heterocycles. The van der Waals surface area contributed by atoms with Gasteiger partial charge in [-0.25, -0.2) is 0 Å². The van der Waals surface area contributed by atoms with Gasteiger partial charge in [0.25, 0.3) is 0 Å². The summed E-state index contributed by atoms with van der Waals surface area (Å²) in [5, 5.41) is 0. The number of unbranched alkanes of at least 4 members (excludes halogenated alkanes) is 1. The molecule has 0 aliphatic heterocycles. The number of primary amides is 1. The number of nitrogens with zero attached hydrogens (tertiary/aromatic N) is 1. The lowest BCUT2D eigenvalue weighted by Gasteiger charge is -2.21. The number of nitrogens with two attached hydrogens (primary N) is 1. The molecule has 0 spiro atoms. The largest absolute Gasteiger partial charge is 0.368 e. The van der Waals surface area contributed by atoms with Crippen molar-refractivity contribution in [3.63, 3.8) is 0 Å². The van der Waals surface area contributed by atoms with E-state index >= 15 is 0 Å². The molecule has 1 rings (SSSR count). The highest BCUT2D eigenvalue weighted by molar-refractivity contribution is 9.10. The van der Waals surface area contributed by atoms with Crippen molar-refractivity contribution in [2.45, 2.75) is 25.8 Å². The average molecular weight is 362 g/mol. The van der Waals surface area contributed by atoms with Crippen molar-refractivity contribution in [2.24, 2.45) is 5.73 Å². The van der Waals surface area contributed by atoms with E-state index in [0.29, 0.717) is 18.8 Å². The van der Waals surface area contributed by atoms with E-state index in [9.17, 15) is 9.59 Å². The molecule has 0 unspecified atom stereocenters. The molecular formula is C14H18BrClN2O2. The topological polar surface area (TPSA) is 63.4 Å². The molecule has 1 aromatic carbocycles. The Balaban J connectivity index is 2.65. The van der Waals surface area contributed by atoms with E-state index in [1.807, 2.05) is 24.3 Å². The molecule has 0 saturated carbocycles. The fourth-order valence-corrected chi connectivity index (χ4v) is 2.21. The summed E-state index contributed by atoms with van der Waals surface area (Å²) in [5.74, 6) is -0.0415. The molecule has 2 amide bonds. The smallest absolute Gasteiger partial charge is 0.237 e. The molecule has 0 heterocycles. The van der Waals surface area contributed by atoms with E-state index in [-0.39, 0.29) is 12.5 Å². The van der Waals surface area contributed by atoms with Crippen LogP contribution < -0.4 is 5.73 Å². The first-order valence-electron chi connectivity index (χ1n) is 6.39. The Morgan fingerprint density at radius 2 is 1.85 bits per heavy atom. The standard InChI is InChI=1S/C14H18BrClN2O2/c15-12-6-4-11(5-7-12)9-18(10-13(17)19)14(20)3-1-2-8-16/h4-7H,1-3,8-10H2,(H2,17,19). The van der Waals surface area contributed by atoms with Gasteiger partial charge < -0.3 is 10.6 Å². The fraction of sp³-hybridized carbons (Fsp3) is 0.429. The number of rotatable bonds is 8. The van der Waals surface area contributed by atoms with Gasteiger partial charge in [-0.3, -0.25) is 9.59 Å². The van der Waals surface area contributed by atoms with Crippen molar-refractivity contribution in [3.05, 3.63) is 34.3 Å². The maximum atomic E-state index is 12.1. The zero-order valence-electron chi connectivity index (χ0n) is 11.1. The van der Waals surface area contributed by atoms with Crippen LogP contribution in [-0.4, -0.2) is 29.1 Å². The lowest BCUT2D eigenvalue weighted by atomic mass is 10.2. The lowest BCUT2D eigenvalue weighted by Crippen LogP contribution is -2.37. The normalized spacial score (nSPS) is 10.3. The molecule has 0 radical (unpaired) electrons. The van der Waals surface area contributed by atoms with Crippen molar-refractivity contribution >= 4 is 39.3 Å². The quantitative estimate of drug-likeness (QED) is 0.571. The molecule has 0 atom stereocenters. The summed E-state index contributed by atoms with van der Waals surface area (Å²) in [6.07, 6.45) is 1.89. The molecule has 20 heavy (non-hydrogen) atoms. The van der Waals surface area contributed by atoms with Crippen molar-refractivity contribution in [1.29, 1.82) is 0 Å². The van der Waals surface area contributed by atoms with Gasteiger partial charge in [-0.15, -0.1) is 11.6 Å². The van der Waals surface area contributed by atoms with E-state index in [1.165, 1.54) is 4.90 Å². The van der Waals surface area contributed by atoms with Crippen LogP contribution in [0, 0.1) is 0 Å². The Kier molecular flexibility index (Phi) is 7.62. The van der Waals surface area contributed by atoms with Crippen molar-refractivity contribution in [2.75, 3.05) is 12.4 Å². The highest BCUT2D eigenvalue weighted by atomic mass is 79.9. The zero-order chi connectivity index (χ0) is 15.0. The number of carbonyl (C=O) groups is 2. The Bertz CT molecular complexity index is 451. The van der Waals surface area contributed by atoms with Gasteiger partial charge in [-0.1, -0.05) is 28.1 Å². The van der Waals surface area contributed by atoms with Gasteiger partial charge in [-0.2, -0.15) is 0 Å². The summed E-state index contributed by atoms with van der Waals surface area (Å²) < 4.78 is 0.969. The van der Waals surface area contributed by atoms with E-state index < -0.39 is 5.91 Å². The molecule has 2 N–H and O–H groups in total. The lowest BCUT2D eigenvalue weighted by molar-refractivity contribution is -0.135. The SMILES string of the molecule is NC(=O)CN(Cc1ccc(Br)cc1)C(=O)CCCCCl. The first kappa shape index (κ1) is 17.0.